The third-order valence-electron chi connectivity index (χ3n) is 1.08. The van der Waals surface area contributed by atoms with Crippen LogP contribution in [0.3, 0.4) is 0 Å². The van der Waals surface area contributed by atoms with Gasteiger partial charge >= 0.3 is 7.82 Å². The lowest BCUT2D eigenvalue weighted by atomic mass is 10.7. The third kappa shape index (κ3) is 7.36. The maximum absolute atomic E-state index is 11.2. The van der Waals surface area contributed by atoms with Crippen LogP contribution in [0.5, 0.6) is 0 Å². The summed E-state index contributed by atoms with van der Waals surface area (Å²) in [6.45, 7) is 1.26. The van der Waals surface area contributed by atoms with E-state index in [9.17, 15) is 4.57 Å². The summed E-state index contributed by atoms with van der Waals surface area (Å²) >= 11 is 6.27. The fourth-order valence-corrected chi connectivity index (χ4v) is 1.97. The smallest absolute Gasteiger partial charge is 0.382 e. The van der Waals surface area contributed by atoms with E-state index in [0.717, 1.165) is 0 Å². The van der Waals surface area contributed by atoms with E-state index in [-0.39, 0.29) is 13.2 Å². The van der Waals surface area contributed by atoms with Crippen LogP contribution in [0, 0.1) is 0 Å². The molecule has 0 aliphatic rings. The van der Waals surface area contributed by atoms with Crippen LogP contribution in [0.15, 0.2) is 0 Å². The summed E-state index contributed by atoms with van der Waals surface area (Å²) < 4.78 is 34.0. The average Bonchev–Trinajstić information content (AvgIpc) is 2.23. The SMILES string of the molecule is COCCOCCOP(=O)(OCl)OI. The first-order valence-corrected chi connectivity index (χ1v) is 6.25. The molecule has 0 aromatic carbocycles. The van der Waals surface area contributed by atoms with Gasteiger partial charge in [0.2, 0.25) is 0 Å². The molecule has 0 fully saturated rings. The van der Waals surface area contributed by atoms with Crippen molar-refractivity contribution in [2.75, 3.05) is 33.5 Å². The van der Waals surface area contributed by atoms with E-state index in [1.165, 1.54) is 23.0 Å². The first-order chi connectivity index (χ1) is 6.68. The maximum atomic E-state index is 11.2. The molecule has 0 saturated carbocycles. The topological polar surface area (TPSA) is 63.2 Å². The Morgan fingerprint density at radius 1 is 1.29 bits per heavy atom. The van der Waals surface area contributed by atoms with Crippen molar-refractivity contribution in [2.45, 2.75) is 0 Å². The van der Waals surface area contributed by atoms with Gasteiger partial charge in [-0.25, -0.2) is 7.42 Å². The van der Waals surface area contributed by atoms with Crippen LogP contribution in [0.1, 0.15) is 0 Å². The molecule has 0 bridgehead atoms. The minimum atomic E-state index is -3.60. The lowest BCUT2D eigenvalue weighted by Crippen LogP contribution is -2.07. The van der Waals surface area contributed by atoms with Crippen molar-refractivity contribution < 1.29 is 25.5 Å². The monoisotopic (exact) mass is 360 g/mol. The Hall–Kier alpha value is 1.05. The normalized spacial score (nSPS) is 15.4. The van der Waals surface area contributed by atoms with Crippen molar-refractivity contribution in [1.29, 1.82) is 0 Å². The van der Waals surface area contributed by atoms with E-state index in [0.29, 0.717) is 13.2 Å². The minimum absolute atomic E-state index is 0.0662. The molecule has 0 saturated heterocycles. The lowest BCUT2D eigenvalue weighted by molar-refractivity contribution is 0.0505. The van der Waals surface area contributed by atoms with Crippen LogP contribution in [-0.4, -0.2) is 33.5 Å². The van der Waals surface area contributed by atoms with Gasteiger partial charge in [0.1, 0.15) is 23.0 Å². The number of halogens is 2. The largest absolute Gasteiger partial charge is 0.500 e. The highest BCUT2D eigenvalue weighted by molar-refractivity contribution is 14.1. The van der Waals surface area contributed by atoms with Crippen molar-refractivity contribution in [1.82, 2.24) is 0 Å². The van der Waals surface area contributed by atoms with Gasteiger partial charge < -0.3 is 9.47 Å². The number of hydrogen-bond acceptors (Lipinski definition) is 6. The Balaban J connectivity index is 3.39. The van der Waals surface area contributed by atoms with E-state index in [1.807, 2.05) is 0 Å². The highest BCUT2D eigenvalue weighted by Crippen LogP contribution is 2.52. The molecule has 0 heterocycles. The summed E-state index contributed by atoms with van der Waals surface area (Å²) in [5.41, 5.74) is 0. The van der Waals surface area contributed by atoms with Gasteiger partial charge in [-0.15, -0.1) is 0 Å². The summed E-state index contributed by atoms with van der Waals surface area (Å²) in [6, 6.07) is 0. The number of phosphoric acid groups is 1. The minimum Gasteiger partial charge on any atom is -0.382 e. The number of hydrogen-bond donors (Lipinski definition) is 0. The first-order valence-electron chi connectivity index (χ1n) is 3.60. The lowest BCUT2D eigenvalue weighted by Gasteiger charge is -2.09. The molecule has 1 atom stereocenters. The van der Waals surface area contributed by atoms with Crippen LogP contribution in [-0.2, 0) is 25.5 Å². The standard InChI is InChI=1S/C5H11ClIO6P/c1-9-2-3-10-4-5-11-14(8,12-6)13-7/h2-5H2,1H3. The van der Waals surface area contributed by atoms with E-state index in [1.54, 1.807) is 7.11 Å². The van der Waals surface area contributed by atoms with Crippen LogP contribution in [0.25, 0.3) is 0 Å². The zero-order valence-corrected chi connectivity index (χ0v) is 11.3. The predicted octanol–water partition coefficient (Wildman–Crippen LogP) is 2.31. The fraction of sp³-hybridized carbons (Fsp3) is 1.00. The molecule has 0 rings (SSSR count). The molecule has 0 aromatic heterocycles. The Kier molecular flexibility index (Phi) is 9.99. The molecule has 0 spiro atoms. The highest BCUT2D eigenvalue weighted by Gasteiger charge is 2.25. The van der Waals surface area contributed by atoms with Crippen molar-refractivity contribution in [3.05, 3.63) is 0 Å². The maximum Gasteiger partial charge on any atom is 0.500 e. The molecule has 0 aliphatic carbocycles. The second-order valence-corrected chi connectivity index (χ2v) is 5.05. The van der Waals surface area contributed by atoms with Crippen LogP contribution in [0.2, 0.25) is 0 Å². The summed E-state index contributed by atoms with van der Waals surface area (Å²) in [4.78, 5) is 0. The van der Waals surface area contributed by atoms with Gasteiger partial charge in [-0.05, 0) is 0 Å². The van der Waals surface area contributed by atoms with Gasteiger partial charge in [0.25, 0.3) is 0 Å². The molecule has 86 valence electrons. The van der Waals surface area contributed by atoms with Gasteiger partial charge in [-0.2, -0.15) is 4.08 Å². The van der Waals surface area contributed by atoms with Gasteiger partial charge in [-0.3, -0.25) is 4.52 Å². The molecule has 0 aliphatic heterocycles. The van der Waals surface area contributed by atoms with Crippen molar-refractivity contribution in [3.8, 4) is 0 Å². The molecule has 0 aromatic rings. The van der Waals surface area contributed by atoms with Gasteiger partial charge in [0.05, 0.1) is 38.3 Å². The first kappa shape index (κ1) is 15.0. The molecular weight excluding hydrogens is 349 g/mol. The Morgan fingerprint density at radius 2 is 1.93 bits per heavy atom. The van der Waals surface area contributed by atoms with Crippen LogP contribution < -0.4 is 0 Å². The molecule has 14 heavy (non-hydrogen) atoms. The highest BCUT2D eigenvalue weighted by atomic mass is 127. The van der Waals surface area contributed by atoms with Gasteiger partial charge in [-0.1, -0.05) is 0 Å². The number of methoxy groups -OCH3 is 1. The molecule has 0 radical (unpaired) electrons. The molecule has 6 nitrogen and oxygen atoms in total. The fourth-order valence-electron chi connectivity index (χ4n) is 0.503. The van der Waals surface area contributed by atoms with Gasteiger partial charge in [0, 0.05) is 7.11 Å². The molecular formula is C5H11ClIO6P. The van der Waals surface area contributed by atoms with Crippen molar-refractivity contribution >= 4 is 42.7 Å². The summed E-state index contributed by atoms with van der Waals surface area (Å²) in [7, 11) is -2.03. The molecule has 0 amide bonds. The van der Waals surface area contributed by atoms with E-state index >= 15 is 0 Å². The molecule has 1 unspecified atom stereocenters. The molecule has 9 heteroatoms. The van der Waals surface area contributed by atoms with E-state index in [2.05, 4.69) is 6.93 Å². The van der Waals surface area contributed by atoms with Crippen LogP contribution >= 0.6 is 42.7 Å². The van der Waals surface area contributed by atoms with Crippen LogP contribution in [0.4, 0.5) is 0 Å². The zero-order valence-electron chi connectivity index (χ0n) is 7.48. The zero-order chi connectivity index (χ0) is 10.9. The quantitative estimate of drug-likeness (QED) is 0.357. The Morgan fingerprint density at radius 3 is 2.43 bits per heavy atom. The second-order valence-electron chi connectivity index (χ2n) is 2.02. The third-order valence-corrected chi connectivity index (χ3v) is 3.87. The van der Waals surface area contributed by atoms with Gasteiger partial charge in [0.15, 0.2) is 0 Å². The predicted molar refractivity (Wildman–Crippen MR) is 58.3 cm³/mol. The Labute approximate surface area is 102 Å². The molecule has 0 N–H and O–H groups in total. The van der Waals surface area contributed by atoms with E-state index in [4.69, 9.17) is 25.9 Å². The summed E-state index contributed by atoms with van der Waals surface area (Å²) in [5.74, 6) is 0. The number of rotatable bonds is 9. The second kappa shape index (κ2) is 9.29. The average molecular weight is 360 g/mol. The van der Waals surface area contributed by atoms with Crippen molar-refractivity contribution in [2.24, 2.45) is 0 Å². The summed E-state index contributed by atoms with van der Waals surface area (Å²) in [5, 5.41) is 0. The van der Waals surface area contributed by atoms with Crippen molar-refractivity contribution in [3.63, 3.8) is 0 Å². The summed E-state index contributed by atoms with van der Waals surface area (Å²) in [6.07, 6.45) is 0. The Bertz CT molecular complexity index is 174. The number of ether oxygens (including phenoxy) is 2. The van der Waals surface area contributed by atoms with E-state index < -0.39 is 7.82 Å².